The summed E-state index contributed by atoms with van der Waals surface area (Å²) in [4.78, 5) is 0. The van der Waals surface area contributed by atoms with Crippen molar-refractivity contribution in [2.24, 2.45) is 0 Å². The highest BCUT2D eigenvalue weighted by Crippen LogP contribution is 2.10. The average Bonchev–Trinajstić information content (AvgIpc) is 2.19. The topological polar surface area (TPSA) is 61.6 Å². The Kier molecular flexibility index (Phi) is 3.62. The first kappa shape index (κ1) is 10.2. The summed E-state index contributed by atoms with van der Waals surface area (Å²) in [6, 6.07) is 3.89. The smallest absolute Gasteiger partial charge is 0.166 e. The Hall–Kier alpha value is -1.89. The van der Waals surface area contributed by atoms with Crippen molar-refractivity contribution >= 4 is 5.82 Å². The second-order valence-electron chi connectivity index (χ2n) is 2.98. The van der Waals surface area contributed by atoms with Crippen molar-refractivity contribution in [3.63, 3.8) is 0 Å². The van der Waals surface area contributed by atoms with Crippen molar-refractivity contribution < 1.29 is 0 Å². The van der Waals surface area contributed by atoms with Gasteiger partial charge in [-0.15, -0.1) is 11.7 Å². The number of rotatable bonds is 4. The zero-order chi connectivity index (χ0) is 10.4. The summed E-state index contributed by atoms with van der Waals surface area (Å²) in [5.74, 6) is 0.532. The van der Waals surface area contributed by atoms with Crippen LogP contribution in [-0.2, 0) is 0 Å². The second-order valence-corrected chi connectivity index (χ2v) is 2.98. The molecule has 1 unspecified atom stereocenters. The Morgan fingerprint density at radius 2 is 2.57 bits per heavy atom. The van der Waals surface area contributed by atoms with Crippen LogP contribution in [0.5, 0.6) is 0 Å². The minimum Gasteiger partial charge on any atom is -0.365 e. The van der Waals surface area contributed by atoms with Crippen LogP contribution in [0.4, 0.5) is 5.82 Å². The highest BCUT2D eigenvalue weighted by molar-refractivity contribution is 5.50. The van der Waals surface area contributed by atoms with Gasteiger partial charge >= 0.3 is 0 Å². The van der Waals surface area contributed by atoms with Gasteiger partial charge < -0.3 is 5.32 Å². The Morgan fingerprint density at radius 3 is 3.21 bits per heavy atom. The van der Waals surface area contributed by atoms with Gasteiger partial charge in [0.05, 0.1) is 11.8 Å². The molecule has 1 rings (SSSR count). The predicted molar refractivity (Wildman–Crippen MR) is 54.6 cm³/mol. The van der Waals surface area contributed by atoms with Gasteiger partial charge in [0, 0.05) is 6.04 Å². The largest absolute Gasteiger partial charge is 0.365 e. The summed E-state index contributed by atoms with van der Waals surface area (Å²) in [6.07, 6.45) is 4.14. The molecule has 0 amide bonds. The van der Waals surface area contributed by atoms with Crippen molar-refractivity contribution in [1.82, 2.24) is 10.2 Å². The number of nitrogens with zero attached hydrogens (tertiary/aromatic N) is 3. The Labute approximate surface area is 83.3 Å². The highest BCUT2D eigenvalue weighted by atomic mass is 15.2. The molecule has 0 saturated heterocycles. The normalized spacial score (nSPS) is 11.4. The molecular formula is C10H12N4. The fraction of sp³-hybridized carbons (Fsp3) is 0.300. The molecule has 1 heterocycles. The van der Waals surface area contributed by atoms with Crippen LogP contribution in [0.3, 0.4) is 0 Å². The van der Waals surface area contributed by atoms with E-state index in [-0.39, 0.29) is 6.04 Å². The molecule has 1 aromatic rings. The van der Waals surface area contributed by atoms with Gasteiger partial charge in [0.2, 0.25) is 0 Å². The van der Waals surface area contributed by atoms with Crippen molar-refractivity contribution in [3.8, 4) is 6.07 Å². The monoisotopic (exact) mass is 188 g/mol. The predicted octanol–water partition coefficient (Wildman–Crippen LogP) is 1.72. The number of nitrogens with one attached hydrogen (secondary N) is 1. The van der Waals surface area contributed by atoms with Gasteiger partial charge in [-0.05, 0) is 19.4 Å². The van der Waals surface area contributed by atoms with Crippen LogP contribution in [0.25, 0.3) is 0 Å². The summed E-state index contributed by atoms with van der Waals surface area (Å²) in [5.41, 5.74) is 0.510. The van der Waals surface area contributed by atoms with Crippen LogP contribution in [0, 0.1) is 11.3 Å². The molecule has 4 nitrogen and oxygen atoms in total. The van der Waals surface area contributed by atoms with Crippen LogP contribution in [-0.4, -0.2) is 16.2 Å². The molecule has 0 fully saturated rings. The third-order valence-electron chi connectivity index (χ3n) is 1.74. The van der Waals surface area contributed by atoms with Gasteiger partial charge in [-0.2, -0.15) is 10.4 Å². The molecule has 0 saturated carbocycles. The fourth-order valence-electron chi connectivity index (χ4n) is 1.07. The van der Waals surface area contributed by atoms with Crippen LogP contribution in [0.1, 0.15) is 18.9 Å². The van der Waals surface area contributed by atoms with E-state index in [9.17, 15) is 0 Å². The highest BCUT2D eigenvalue weighted by Gasteiger charge is 2.05. The van der Waals surface area contributed by atoms with Gasteiger partial charge in [-0.25, -0.2) is 0 Å². The lowest BCUT2D eigenvalue weighted by molar-refractivity contribution is 0.799. The van der Waals surface area contributed by atoms with E-state index in [4.69, 9.17) is 5.26 Å². The van der Waals surface area contributed by atoms with Crippen molar-refractivity contribution in [3.05, 3.63) is 30.5 Å². The molecule has 0 aliphatic carbocycles. The molecule has 0 radical (unpaired) electrons. The van der Waals surface area contributed by atoms with Gasteiger partial charge in [0.1, 0.15) is 6.07 Å². The van der Waals surface area contributed by atoms with E-state index in [1.165, 1.54) is 6.20 Å². The van der Waals surface area contributed by atoms with Crippen LogP contribution in [0.2, 0.25) is 0 Å². The lowest BCUT2D eigenvalue weighted by Gasteiger charge is -2.11. The molecule has 1 aromatic heterocycles. The Morgan fingerprint density at radius 1 is 1.79 bits per heavy atom. The first-order valence-corrected chi connectivity index (χ1v) is 4.37. The SMILES string of the molecule is C=CCC(C)Nc1nnccc1C#N. The van der Waals surface area contributed by atoms with Crippen LogP contribution < -0.4 is 5.32 Å². The van der Waals surface area contributed by atoms with Crippen molar-refractivity contribution in [1.29, 1.82) is 5.26 Å². The van der Waals surface area contributed by atoms with Crippen molar-refractivity contribution in [2.45, 2.75) is 19.4 Å². The average molecular weight is 188 g/mol. The van der Waals surface area contributed by atoms with Gasteiger partial charge in [0.15, 0.2) is 5.82 Å². The van der Waals surface area contributed by atoms with Gasteiger partial charge in [-0.3, -0.25) is 0 Å². The molecule has 1 atom stereocenters. The standard InChI is InChI=1S/C10H12N4/c1-3-4-8(2)13-10-9(7-11)5-6-12-14-10/h3,5-6,8H,1,4H2,2H3,(H,13,14). The Balaban J connectivity index is 2.76. The zero-order valence-electron chi connectivity index (χ0n) is 8.07. The number of nitriles is 1. The minimum atomic E-state index is 0.205. The van der Waals surface area contributed by atoms with Gasteiger partial charge in [0.25, 0.3) is 0 Å². The molecule has 14 heavy (non-hydrogen) atoms. The molecular weight excluding hydrogens is 176 g/mol. The fourth-order valence-corrected chi connectivity index (χ4v) is 1.07. The zero-order valence-corrected chi connectivity index (χ0v) is 8.07. The summed E-state index contributed by atoms with van der Waals surface area (Å²) in [7, 11) is 0. The minimum absolute atomic E-state index is 0.205. The van der Waals surface area contributed by atoms with Crippen molar-refractivity contribution in [2.75, 3.05) is 5.32 Å². The lowest BCUT2D eigenvalue weighted by Crippen LogP contribution is -2.16. The van der Waals surface area contributed by atoms with E-state index >= 15 is 0 Å². The molecule has 4 heteroatoms. The van der Waals surface area contributed by atoms with E-state index in [1.54, 1.807) is 6.07 Å². The van der Waals surface area contributed by atoms with E-state index < -0.39 is 0 Å². The summed E-state index contributed by atoms with van der Waals surface area (Å²) in [5, 5.41) is 19.4. The first-order chi connectivity index (χ1) is 6.77. The number of hydrogen-bond acceptors (Lipinski definition) is 4. The second kappa shape index (κ2) is 4.97. The molecule has 0 aliphatic heterocycles. The summed E-state index contributed by atoms with van der Waals surface area (Å²) in [6.45, 7) is 5.64. The van der Waals surface area contributed by atoms with Crippen LogP contribution >= 0.6 is 0 Å². The number of aromatic nitrogens is 2. The third-order valence-corrected chi connectivity index (χ3v) is 1.74. The first-order valence-electron chi connectivity index (χ1n) is 4.37. The summed E-state index contributed by atoms with van der Waals surface area (Å²) < 4.78 is 0. The lowest BCUT2D eigenvalue weighted by atomic mass is 10.2. The maximum absolute atomic E-state index is 8.78. The molecule has 1 N–H and O–H groups in total. The van der Waals surface area contributed by atoms with Gasteiger partial charge in [-0.1, -0.05) is 6.08 Å². The maximum Gasteiger partial charge on any atom is 0.166 e. The molecule has 0 spiro atoms. The molecule has 0 aromatic carbocycles. The molecule has 72 valence electrons. The van der Waals surface area contributed by atoms with E-state index in [0.29, 0.717) is 11.4 Å². The Bertz CT molecular complexity index is 353. The van der Waals surface area contributed by atoms with E-state index in [2.05, 4.69) is 28.2 Å². The third kappa shape index (κ3) is 2.56. The summed E-state index contributed by atoms with van der Waals surface area (Å²) >= 11 is 0. The quantitative estimate of drug-likeness (QED) is 0.731. The van der Waals surface area contributed by atoms with E-state index in [0.717, 1.165) is 6.42 Å². The van der Waals surface area contributed by atoms with Crippen LogP contribution in [0.15, 0.2) is 24.9 Å². The number of anilines is 1. The molecule has 0 bridgehead atoms. The maximum atomic E-state index is 8.78. The number of hydrogen-bond donors (Lipinski definition) is 1. The molecule has 0 aliphatic rings. The van der Waals surface area contributed by atoms with E-state index in [1.807, 2.05) is 13.0 Å².